The Bertz CT molecular complexity index is 1210. The first-order valence-corrected chi connectivity index (χ1v) is 25.0. The summed E-state index contributed by atoms with van der Waals surface area (Å²) in [5.41, 5.74) is 19.1. The molecule has 3 saturated heterocycles. The Morgan fingerprint density at radius 3 is 1.53 bits per heavy atom. The number of unbranched alkanes of at least 4 members (excludes halogenated alkanes) is 1. The van der Waals surface area contributed by atoms with Gasteiger partial charge in [-0.1, -0.05) is 117 Å². The van der Waals surface area contributed by atoms with E-state index in [2.05, 4.69) is 163 Å². The summed E-state index contributed by atoms with van der Waals surface area (Å²) in [5, 5.41) is 6.66. The average molecular weight is 876 g/mol. The van der Waals surface area contributed by atoms with Crippen LogP contribution in [0.3, 0.4) is 0 Å². The van der Waals surface area contributed by atoms with Crippen molar-refractivity contribution in [3.05, 3.63) is 30.1 Å². The van der Waals surface area contributed by atoms with Gasteiger partial charge in [0.2, 0.25) is 0 Å². The fourth-order valence-corrected chi connectivity index (χ4v) is 7.45. The lowest BCUT2D eigenvalue weighted by Gasteiger charge is -2.41. The van der Waals surface area contributed by atoms with E-state index in [9.17, 15) is 0 Å². The van der Waals surface area contributed by atoms with Crippen LogP contribution in [0.15, 0.2) is 29.5 Å². The number of hydrogen-bond acceptors (Lipinski definition) is 6. The van der Waals surface area contributed by atoms with E-state index in [-0.39, 0.29) is 11.4 Å². The van der Waals surface area contributed by atoms with Gasteiger partial charge in [-0.3, -0.25) is 14.9 Å². The Kier molecular flexibility index (Phi) is 30.6. The van der Waals surface area contributed by atoms with Crippen molar-refractivity contribution in [1.82, 2.24) is 20.5 Å². The predicted molar refractivity (Wildman–Crippen MR) is 278 cm³/mol. The molecule has 1 aromatic heterocycles. The summed E-state index contributed by atoms with van der Waals surface area (Å²) in [7, 11) is 4.69. The lowest BCUT2D eigenvalue weighted by molar-refractivity contribution is -0.896. The third-order valence-corrected chi connectivity index (χ3v) is 12.2. The molecule has 0 amide bonds. The number of hydrogen-bond donors (Lipinski definition) is 5. The van der Waals surface area contributed by atoms with Crippen LogP contribution in [0.1, 0.15) is 188 Å². The lowest BCUT2D eigenvalue weighted by Crippen LogP contribution is -2.51. The largest absolute Gasteiger partial charge is 0.370 e. The molecular weight excluding hydrogens is 763 g/mol. The van der Waals surface area contributed by atoms with E-state index in [4.69, 9.17) is 17.2 Å². The molecule has 8 N–H and O–H groups in total. The van der Waals surface area contributed by atoms with Crippen LogP contribution in [0, 0.1) is 34.0 Å². The zero-order valence-corrected chi connectivity index (χ0v) is 45.4. The number of piperidine rings is 1. The van der Waals surface area contributed by atoms with Crippen LogP contribution in [-0.4, -0.2) is 105 Å². The zero-order chi connectivity index (χ0) is 48.4. The smallest absolute Gasteiger partial charge is 0.185 e. The Hall–Kier alpha value is -1.78. The van der Waals surface area contributed by atoms with E-state index < -0.39 is 0 Å². The number of rotatable bonds is 6. The maximum Gasteiger partial charge on any atom is 0.185 e. The maximum absolute atomic E-state index is 5.47. The molecule has 9 nitrogen and oxygen atoms in total. The Morgan fingerprint density at radius 2 is 1.24 bits per heavy atom. The standard InChI is InChI=1S/C11H24N.C11H23N.C9H13N.C8H18N2.C7H17N3.C5H11N.C2H6/c1-11(2,3)10-6-8-12(4,5)9-7-10;1-11(2,3)7-5-4-6-10-8-12-9-10;1-9(2,3)8-4-6-10-7-5-8;1-8(2,3)10-6-4-9-5-7-10;1-7(2,3)4-5-10-6(8)9;1-4-2-5(6)3-4;1-2/h10H,6-9H2,1-5H3;10,12H,4-9H2,1-3H3;4-7H,1-3H3;9H,4-7H2,1-3H3;4-5H2,1-3H3,(H4,8,9,10);4-5H,2-3,6H2,1H3;1-2H3/q+1;;;;;;. The summed E-state index contributed by atoms with van der Waals surface area (Å²) in [6.45, 7) is 51.0. The summed E-state index contributed by atoms with van der Waals surface area (Å²) in [6, 6.07) is 4.65. The van der Waals surface area contributed by atoms with E-state index in [1.807, 2.05) is 26.2 Å². The van der Waals surface area contributed by atoms with Gasteiger partial charge >= 0.3 is 0 Å². The second-order valence-corrected chi connectivity index (χ2v) is 24.7. The van der Waals surface area contributed by atoms with Crippen LogP contribution in [-0.2, 0) is 5.41 Å². The highest BCUT2D eigenvalue weighted by atomic mass is 15.3. The summed E-state index contributed by atoms with van der Waals surface area (Å²) < 4.78 is 1.23. The molecule has 0 radical (unpaired) electrons. The van der Waals surface area contributed by atoms with Gasteiger partial charge in [0.1, 0.15) is 0 Å². The third-order valence-electron chi connectivity index (χ3n) is 12.2. The molecule has 4 heterocycles. The SMILES string of the molecule is CC.CC(C)(C)C1CC[N+](C)(C)CC1.CC(C)(C)CCCCC1CNC1.CC(C)(C)CCN=C(N)N.CC(C)(C)N1CCNCC1.CC(C)(C)c1ccncc1.CC1CC(N)C1. The van der Waals surface area contributed by atoms with Gasteiger partial charge in [0, 0.05) is 69.5 Å². The molecule has 368 valence electrons. The third kappa shape index (κ3) is 35.6. The number of quaternary nitrogens is 1. The highest BCUT2D eigenvalue weighted by Gasteiger charge is 2.33. The molecule has 62 heavy (non-hydrogen) atoms. The quantitative estimate of drug-likeness (QED) is 0.0833. The molecule has 0 spiro atoms. The van der Waals surface area contributed by atoms with Gasteiger partial charge in [-0.2, -0.15) is 0 Å². The minimum atomic E-state index is 0.184. The second kappa shape index (κ2) is 30.4. The Morgan fingerprint density at radius 1 is 0.758 bits per heavy atom. The first-order chi connectivity index (χ1) is 28.3. The van der Waals surface area contributed by atoms with Crippen molar-refractivity contribution >= 4 is 5.96 Å². The Balaban J connectivity index is 0. The summed E-state index contributed by atoms with van der Waals surface area (Å²) >= 11 is 0. The highest BCUT2D eigenvalue weighted by Crippen LogP contribution is 2.35. The maximum atomic E-state index is 5.47. The van der Waals surface area contributed by atoms with Gasteiger partial charge in [-0.15, -0.1) is 0 Å². The first-order valence-electron chi connectivity index (χ1n) is 25.0. The molecular formula is C53H112N9+. The van der Waals surface area contributed by atoms with Crippen LogP contribution >= 0.6 is 0 Å². The van der Waals surface area contributed by atoms with Crippen molar-refractivity contribution in [2.75, 3.05) is 73.0 Å². The molecule has 0 bridgehead atoms. The van der Waals surface area contributed by atoms with Crippen molar-refractivity contribution in [3.63, 3.8) is 0 Å². The molecule has 0 aromatic carbocycles. The first kappa shape index (κ1) is 62.3. The molecule has 9 heteroatoms. The van der Waals surface area contributed by atoms with Gasteiger partial charge in [0.25, 0.3) is 0 Å². The van der Waals surface area contributed by atoms with E-state index in [0.717, 1.165) is 43.8 Å². The van der Waals surface area contributed by atoms with Gasteiger partial charge < -0.3 is 32.3 Å². The van der Waals surface area contributed by atoms with Crippen molar-refractivity contribution in [2.24, 2.45) is 56.2 Å². The number of pyridine rings is 1. The monoisotopic (exact) mass is 875 g/mol. The molecule has 4 fully saturated rings. The predicted octanol–water partition coefficient (Wildman–Crippen LogP) is 10.9. The molecule has 3 aliphatic heterocycles. The molecule has 4 aliphatic rings. The van der Waals surface area contributed by atoms with Gasteiger partial charge in [0.15, 0.2) is 5.96 Å². The molecule has 1 saturated carbocycles. The molecule has 0 atom stereocenters. The molecule has 5 rings (SSSR count). The van der Waals surface area contributed by atoms with Crippen LogP contribution in [0.2, 0.25) is 0 Å². The van der Waals surface area contributed by atoms with Gasteiger partial charge in [-0.05, 0) is 123 Å². The number of aliphatic imine (C=N–C) groups is 1. The number of nitrogens with zero attached hydrogens (tertiary/aromatic N) is 4. The second-order valence-electron chi connectivity index (χ2n) is 24.7. The number of nitrogens with two attached hydrogens (primary N) is 3. The van der Waals surface area contributed by atoms with Crippen molar-refractivity contribution < 1.29 is 4.48 Å². The minimum Gasteiger partial charge on any atom is -0.370 e. The van der Waals surface area contributed by atoms with E-state index >= 15 is 0 Å². The number of likely N-dealkylation sites (tertiary alicyclic amines) is 1. The highest BCUT2D eigenvalue weighted by molar-refractivity contribution is 5.75. The van der Waals surface area contributed by atoms with Crippen LogP contribution in [0.25, 0.3) is 0 Å². The summed E-state index contributed by atoms with van der Waals surface area (Å²) in [4.78, 5) is 10.4. The van der Waals surface area contributed by atoms with Crippen LogP contribution < -0.4 is 27.8 Å². The topological polar surface area (TPSA) is 131 Å². The van der Waals surface area contributed by atoms with E-state index in [1.165, 1.54) is 101 Å². The van der Waals surface area contributed by atoms with E-state index in [1.54, 1.807) is 0 Å². The Labute approximate surface area is 388 Å². The minimum absolute atomic E-state index is 0.184. The molecule has 1 aliphatic carbocycles. The number of guanidine groups is 1. The lowest BCUT2D eigenvalue weighted by atomic mass is 9.75. The average Bonchev–Trinajstić information content (AvgIpc) is 3.11. The van der Waals surface area contributed by atoms with Crippen LogP contribution in [0.5, 0.6) is 0 Å². The number of nitrogens with one attached hydrogen (secondary N) is 2. The normalized spacial score (nSPS) is 20.5. The fraction of sp³-hybridized carbons (Fsp3) is 0.887. The fourth-order valence-electron chi connectivity index (χ4n) is 7.45. The van der Waals surface area contributed by atoms with Gasteiger partial charge in [-0.25, -0.2) is 0 Å². The number of piperazine rings is 1. The summed E-state index contributed by atoms with van der Waals surface area (Å²) in [6.07, 6.45) is 15.7. The van der Waals surface area contributed by atoms with Crippen molar-refractivity contribution in [2.45, 2.75) is 199 Å². The van der Waals surface area contributed by atoms with Crippen molar-refractivity contribution in [1.29, 1.82) is 0 Å². The van der Waals surface area contributed by atoms with E-state index in [0.29, 0.717) is 27.8 Å². The molecule has 1 aromatic rings. The number of aromatic nitrogens is 1. The zero-order valence-electron chi connectivity index (χ0n) is 45.4. The summed E-state index contributed by atoms with van der Waals surface area (Å²) in [5.74, 6) is 3.05. The molecule has 0 unspecified atom stereocenters. The van der Waals surface area contributed by atoms with Gasteiger partial charge in [0.05, 0.1) is 27.2 Å². The van der Waals surface area contributed by atoms with Crippen molar-refractivity contribution in [3.8, 4) is 0 Å². The van der Waals surface area contributed by atoms with Crippen LogP contribution in [0.4, 0.5) is 0 Å².